The molecule has 1 unspecified atom stereocenters. The molecule has 0 amide bonds. The molecular weight excluding hydrogens is 150 g/mol. The van der Waals surface area contributed by atoms with E-state index in [1.807, 2.05) is 13.0 Å². The van der Waals surface area contributed by atoms with Crippen molar-refractivity contribution in [3.05, 3.63) is 11.6 Å². The van der Waals surface area contributed by atoms with Gasteiger partial charge < -0.3 is 4.74 Å². The van der Waals surface area contributed by atoms with E-state index < -0.39 is 0 Å². The fourth-order valence-corrected chi connectivity index (χ4v) is 1.28. The minimum atomic E-state index is 0.0902. The molecule has 0 aromatic heterocycles. The lowest BCUT2D eigenvalue weighted by molar-refractivity contribution is 0.320. The normalized spacial score (nSPS) is 26.5. The quantitative estimate of drug-likeness (QED) is 0.475. The van der Waals surface area contributed by atoms with E-state index in [1.165, 1.54) is 0 Å². The van der Waals surface area contributed by atoms with Gasteiger partial charge in [-0.25, -0.2) is 0 Å². The summed E-state index contributed by atoms with van der Waals surface area (Å²) < 4.78 is 5.42. The minimum Gasteiger partial charge on any atom is -0.367 e. The summed E-state index contributed by atoms with van der Waals surface area (Å²) in [5, 5.41) is 8.36. The Balaban J connectivity index is 2.21. The van der Waals surface area contributed by atoms with Gasteiger partial charge in [-0.2, -0.15) is 5.26 Å². The monoisotopic (exact) mass is 165 g/mol. The fourth-order valence-electron chi connectivity index (χ4n) is 1.28. The van der Waals surface area contributed by atoms with Gasteiger partial charge in [-0.1, -0.05) is 5.57 Å². The zero-order chi connectivity index (χ0) is 9.19. The molecule has 1 heterocycles. The molecule has 0 aromatic rings. The van der Waals surface area contributed by atoms with E-state index in [0.717, 1.165) is 18.4 Å². The van der Waals surface area contributed by atoms with Crippen LogP contribution in [0.2, 0.25) is 0 Å². The van der Waals surface area contributed by atoms with Crippen molar-refractivity contribution in [3.8, 4) is 6.07 Å². The summed E-state index contributed by atoms with van der Waals surface area (Å²) in [6, 6.07) is 2.03. The number of epoxide rings is 1. The van der Waals surface area contributed by atoms with Crippen molar-refractivity contribution in [1.29, 1.82) is 5.26 Å². The summed E-state index contributed by atoms with van der Waals surface area (Å²) in [4.78, 5) is 0. The van der Waals surface area contributed by atoms with Crippen molar-refractivity contribution in [2.75, 3.05) is 0 Å². The predicted molar refractivity (Wildman–Crippen MR) is 47.6 cm³/mol. The summed E-state index contributed by atoms with van der Waals surface area (Å²) >= 11 is 0. The van der Waals surface area contributed by atoms with E-state index in [2.05, 4.69) is 13.8 Å². The highest BCUT2D eigenvalue weighted by Crippen LogP contribution is 2.38. The molecule has 1 rings (SSSR count). The third-order valence-corrected chi connectivity index (χ3v) is 2.28. The largest absolute Gasteiger partial charge is 0.367 e. The van der Waals surface area contributed by atoms with Crippen molar-refractivity contribution in [3.63, 3.8) is 0 Å². The average Bonchev–Trinajstić information content (AvgIpc) is 2.56. The van der Waals surface area contributed by atoms with Crippen molar-refractivity contribution in [1.82, 2.24) is 0 Å². The van der Waals surface area contributed by atoms with Gasteiger partial charge in [0.1, 0.15) is 0 Å². The molecule has 1 aliphatic rings. The van der Waals surface area contributed by atoms with Crippen LogP contribution in [0.1, 0.15) is 33.6 Å². The Morgan fingerprint density at radius 3 is 2.67 bits per heavy atom. The van der Waals surface area contributed by atoms with Crippen LogP contribution in [-0.2, 0) is 4.74 Å². The van der Waals surface area contributed by atoms with Gasteiger partial charge in [0, 0.05) is 6.08 Å². The molecule has 0 N–H and O–H groups in total. The van der Waals surface area contributed by atoms with Crippen LogP contribution < -0.4 is 0 Å². The topological polar surface area (TPSA) is 36.3 Å². The van der Waals surface area contributed by atoms with Crippen LogP contribution in [0.4, 0.5) is 0 Å². The lowest BCUT2D eigenvalue weighted by Crippen LogP contribution is -2.02. The summed E-state index contributed by atoms with van der Waals surface area (Å²) in [6.45, 7) is 6.18. The van der Waals surface area contributed by atoms with Crippen LogP contribution >= 0.6 is 0 Å². The van der Waals surface area contributed by atoms with Gasteiger partial charge >= 0.3 is 0 Å². The summed E-state index contributed by atoms with van der Waals surface area (Å²) in [6.07, 6.45) is 4.02. The Hall–Kier alpha value is -0.810. The standard InChI is InChI=1S/C10H15NO/c1-8(6-7-11)4-5-9-10(2,3)12-9/h6,9H,4-5H2,1-3H3/b8-6-. The Kier molecular flexibility index (Phi) is 2.54. The smallest absolute Gasteiger partial charge is 0.0911 e. The first-order chi connectivity index (χ1) is 5.56. The number of nitriles is 1. The van der Waals surface area contributed by atoms with Crippen LogP contribution in [0.25, 0.3) is 0 Å². The zero-order valence-electron chi connectivity index (χ0n) is 7.92. The van der Waals surface area contributed by atoms with E-state index in [9.17, 15) is 0 Å². The molecule has 66 valence electrons. The Morgan fingerprint density at radius 1 is 1.67 bits per heavy atom. The van der Waals surface area contributed by atoms with Crippen molar-refractivity contribution < 1.29 is 4.74 Å². The molecule has 0 spiro atoms. The molecule has 1 fully saturated rings. The third kappa shape index (κ3) is 2.35. The summed E-state index contributed by atoms with van der Waals surface area (Å²) in [7, 11) is 0. The van der Waals surface area contributed by atoms with E-state index in [-0.39, 0.29) is 5.60 Å². The molecule has 0 bridgehead atoms. The van der Waals surface area contributed by atoms with Gasteiger partial charge in [0.05, 0.1) is 17.8 Å². The first-order valence-corrected chi connectivity index (χ1v) is 4.29. The SMILES string of the molecule is C/C(=C/C#N)CCC1OC1(C)C. The summed E-state index contributed by atoms with van der Waals surface area (Å²) in [5.41, 5.74) is 1.23. The van der Waals surface area contributed by atoms with Crippen molar-refractivity contribution in [2.24, 2.45) is 0 Å². The van der Waals surface area contributed by atoms with Crippen LogP contribution in [0.3, 0.4) is 0 Å². The zero-order valence-corrected chi connectivity index (χ0v) is 7.92. The number of ether oxygens (including phenoxy) is 1. The van der Waals surface area contributed by atoms with E-state index >= 15 is 0 Å². The molecule has 1 aliphatic heterocycles. The van der Waals surface area contributed by atoms with Crippen LogP contribution in [0.15, 0.2) is 11.6 Å². The number of allylic oxidation sites excluding steroid dienone is 2. The molecular formula is C10H15NO. The molecule has 0 radical (unpaired) electrons. The van der Waals surface area contributed by atoms with Gasteiger partial charge in [-0.3, -0.25) is 0 Å². The fraction of sp³-hybridized carbons (Fsp3) is 0.700. The highest BCUT2D eigenvalue weighted by molar-refractivity contribution is 5.11. The molecule has 12 heavy (non-hydrogen) atoms. The lowest BCUT2D eigenvalue weighted by atomic mass is 10.0. The third-order valence-electron chi connectivity index (χ3n) is 2.28. The lowest BCUT2D eigenvalue weighted by Gasteiger charge is -1.97. The van der Waals surface area contributed by atoms with E-state index in [1.54, 1.807) is 6.08 Å². The Labute approximate surface area is 73.8 Å². The van der Waals surface area contributed by atoms with E-state index in [0.29, 0.717) is 6.10 Å². The number of rotatable bonds is 3. The Morgan fingerprint density at radius 2 is 2.25 bits per heavy atom. The highest BCUT2D eigenvalue weighted by atomic mass is 16.6. The molecule has 2 nitrogen and oxygen atoms in total. The highest BCUT2D eigenvalue weighted by Gasteiger charge is 2.46. The summed E-state index contributed by atoms with van der Waals surface area (Å²) in [5.74, 6) is 0. The number of hydrogen-bond acceptors (Lipinski definition) is 2. The first kappa shape index (κ1) is 9.28. The molecule has 0 aromatic carbocycles. The molecule has 0 saturated carbocycles. The van der Waals surface area contributed by atoms with Crippen molar-refractivity contribution >= 4 is 0 Å². The molecule has 1 atom stereocenters. The molecule has 0 aliphatic carbocycles. The van der Waals surface area contributed by atoms with Crippen LogP contribution in [0.5, 0.6) is 0 Å². The maximum Gasteiger partial charge on any atom is 0.0911 e. The minimum absolute atomic E-state index is 0.0902. The maximum absolute atomic E-state index is 8.36. The van der Waals surface area contributed by atoms with E-state index in [4.69, 9.17) is 10.00 Å². The second kappa shape index (κ2) is 3.28. The van der Waals surface area contributed by atoms with Crippen LogP contribution in [0, 0.1) is 11.3 Å². The predicted octanol–water partition coefficient (Wildman–Crippen LogP) is 2.41. The second-order valence-corrected chi connectivity index (χ2v) is 3.87. The number of hydrogen-bond donors (Lipinski definition) is 0. The van der Waals surface area contributed by atoms with Gasteiger partial charge in [-0.15, -0.1) is 0 Å². The van der Waals surface area contributed by atoms with Gasteiger partial charge in [0.15, 0.2) is 0 Å². The Bertz CT molecular complexity index is 235. The first-order valence-electron chi connectivity index (χ1n) is 4.29. The second-order valence-electron chi connectivity index (χ2n) is 3.87. The van der Waals surface area contributed by atoms with Gasteiger partial charge in [-0.05, 0) is 33.6 Å². The number of nitrogens with zero attached hydrogens (tertiary/aromatic N) is 1. The molecule has 1 saturated heterocycles. The molecule has 2 heteroatoms. The maximum atomic E-state index is 8.36. The van der Waals surface area contributed by atoms with Crippen LogP contribution in [-0.4, -0.2) is 11.7 Å². The van der Waals surface area contributed by atoms with Gasteiger partial charge in [0.25, 0.3) is 0 Å². The van der Waals surface area contributed by atoms with Crippen molar-refractivity contribution in [2.45, 2.75) is 45.3 Å². The van der Waals surface area contributed by atoms with Gasteiger partial charge in [0.2, 0.25) is 0 Å². The average molecular weight is 165 g/mol.